The number of hydrogen-bond donors (Lipinski definition) is 0. The first kappa shape index (κ1) is 32.3. The second-order valence-electron chi connectivity index (χ2n) is 11.3. The highest BCUT2D eigenvalue weighted by atomic mass is 16.7. The van der Waals surface area contributed by atoms with Crippen LogP contribution in [0.15, 0.2) is 93.6 Å². The molecule has 47 heavy (non-hydrogen) atoms. The minimum absolute atomic E-state index is 0.192. The van der Waals surface area contributed by atoms with Crippen LogP contribution >= 0.6 is 0 Å². The summed E-state index contributed by atoms with van der Waals surface area (Å²) in [6.07, 6.45) is -0.961. The van der Waals surface area contributed by atoms with Gasteiger partial charge < -0.3 is 42.3 Å². The van der Waals surface area contributed by atoms with Gasteiger partial charge in [-0.05, 0) is 66.1 Å². The van der Waals surface area contributed by atoms with Crippen molar-refractivity contribution in [2.24, 2.45) is 0 Å². The molecule has 10 nitrogen and oxygen atoms in total. The van der Waals surface area contributed by atoms with Crippen LogP contribution in [0.2, 0.25) is 0 Å². The molecular formula is C37H38O10. The highest BCUT2D eigenvalue weighted by Gasteiger charge is 2.47. The lowest BCUT2D eigenvalue weighted by molar-refractivity contribution is -0.229. The molecule has 4 atom stereocenters. The van der Waals surface area contributed by atoms with Gasteiger partial charge >= 0.3 is 5.63 Å². The van der Waals surface area contributed by atoms with Crippen LogP contribution in [-0.4, -0.2) is 52.5 Å². The average molecular weight is 643 g/mol. The Balaban J connectivity index is 1.30. The van der Waals surface area contributed by atoms with Gasteiger partial charge in [-0.2, -0.15) is 0 Å². The fraction of sp³-hybridized carbons (Fsp3) is 0.324. The van der Waals surface area contributed by atoms with Crippen LogP contribution in [0, 0.1) is 6.92 Å². The zero-order valence-corrected chi connectivity index (χ0v) is 26.8. The Labute approximate surface area is 273 Å². The number of hydrogen-bond acceptors (Lipinski definition) is 10. The molecule has 4 aromatic rings. The summed E-state index contributed by atoms with van der Waals surface area (Å²) in [5.41, 5.74) is 3.27. The SMILES string of the molecule is COc1ccc(COC[C@H]2O[C@H]3Oc4cc(C)oc(=O)c4C=C3[C@@H](OCc3ccc(OC)cc3)[C@H]2OCc2ccc(OC)cc2)cc1. The Bertz CT molecular complexity index is 1710. The molecule has 1 aromatic heterocycles. The fourth-order valence-corrected chi connectivity index (χ4v) is 5.54. The predicted octanol–water partition coefficient (Wildman–Crippen LogP) is 5.86. The van der Waals surface area contributed by atoms with Crippen LogP contribution in [0.25, 0.3) is 6.08 Å². The summed E-state index contributed by atoms with van der Waals surface area (Å²) in [7, 11) is 4.89. The molecule has 0 spiro atoms. The molecule has 2 aliphatic heterocycles. The van der Waals surface area contributed by atoms with E-state index in [1.165, 1.54) is 0 Å². The first-order valence-electron chi connectivity index (χ1n) is 15.3. The number of methoxy groups -OCH3 is 3. The molecule has 0 bridgehead atoms. The third-order valence-corrected chi connectivity index (χ3v) is 8.08. The molecule has 0 saturated carbocycles. The van der Waals surface area contributed by atoms with Gasteiger partial charge in [0.05, 0.1) is 47.8 Å². The van der Waals surface area contributed by atoms with E-state index in [9.17, 15) is 4.79 Å². The van der Waals surface area contributed by atoms with Gasteiger partial charge in [0.1, 0.15) is 52.6 Å². The Morgan fingerprint density at radius 1 is 0.702 bits per heavy atom. The summed E-state index contributed by atoms with van der Waals surface area (Å²) >= 11 is 0. The minimum atomic E-state index is -0.833. The largest absolute Gasteiger partial charge is 0.497 e. The summed E-state index contributed by atoms with van der Waals surface area (Å²) in [5.74, 6) is 3.09. The van der Waals surface area contributed by atoms with E-state index in [0.29, 0.717) is 29.3 Å². The van der Waals surface area contributed by atoms with E-state index in [1.54, 1.807) is 40.4 Å². The smallest absolute Gasteiger partial charge is 0.347 e. The van der Waals surface area contributed by atoms with Crippen molar-refractivity contribution in [1.29, 1.82) is 0 Å². The Morgan fingerprint density at radius 3 is 1.79 bits per heavy atom. The standard InChI is InChI=1S/C37H38O10/c1-23-17-32-30(36(38)45-23)18-31-34(43-20-25-7-13-28(40-3)14-8-25)35(44-21-26-9-15-29(41-4)16-10-26)33(47-37(31)46-32)22-42-19-24-5-11-27(39-2)12-6-24/h5-18,33-35,37H,19-22H2,1-4H3/t33-,34-,35+,37-/m1/s1. The molecule has 1 saturated heterocycles. The molecule has 0 radical (unpaired) electrons. The van der Waals surface area contributed by atoms with Gasteiger partial charge in [-0.1, -0.05) is 36.4 Å². The minimum Gasteiger partial charge on any atom is -0.497 e. The van der Waals surface area contributed by atoms with Crippen molar-refractivity contribution in [1.82, 2.24) is 0 Å². The first-order valence-corrected chi connectivity index (χ1v) is 15.3. The van der Waals surface area contributed by atoms with Gasteiger partial charge in [0.2, 0.25) is 6.29 Å². The molecule has 246 valence electrons. The van der Waals surface area contributed by atoms with Crippen molar-refractivity contribution in [2.75, 3.05) is 27.9 Å². The van der Waals surface area contributed by atoms with Crippen molar-refractivity contribution in [2.45, 2.75) is 51.3 Å². The average Bonchev–Trinajstić information content (AvgIpc) is 3.10. The van der Waals surface area contributed by atoms with Crippen molar-refractivity contribution >= 4 is 6.08 Å². The number of fused-ring (bicyclic) bond motifs is 2. The topological polar surface area (TPSA) is 104 Å². The third-order valence-electron chi connectivity index (χ3n) is 8.08. The maximum atomic E-state index is 12.9. The van der Waals surface area contributed by atoms with Crippen LogP contribution in [0.5, 0.6) is 23.0 Å². The highest BCUT2D eigenvalue weighted by molar-refractivity contribution is 5.63. The number of rotatable bonds is 13. The monoisotopic (exact) mass is 642 g/mol. The predicted molar refractivity (Wildman–Crippen MR) is 173 cm³/mol. The van der Waals surface area contributed by atoms with Gasteiger partial charge in [0, 0.05) is 11.6 Å². The molecule has 2 aliphatic rings. The molecule has 0 amide bonds. The van der Waals surface area contributed by atoms with Gasteiger partial charge in [-0.15, -0.1) is 0 Å². The van der Waals surface area contributed by atoms with Crippen LogP contribution in [0.1, 0.15) is 28.0 Å². The second kappa shape index (κ2) is 14.9. The quantitative estimate of drug-likeness (QED) is 0.176. The van der Waals surface area contributed by atoms with E-state index in [0.717, 1.165) is 33.9 Å². The lowest BCUT2D eigenvalue weighted by Crippen LogP contribution is -2.56. The lowest BCUT2D eigenvalue weighted by atomic mass is 9.92. The Morgan fingerprint density at radius 2 is 1.23 bits per heavy atom. The van der Waals surface area contributed by atoms with Crippen LogP contribution in [-0.2, 0) is 38.8 Å². The van der Waals surface area contributed by atoms with E-state index >= 15 is 0 Å². The third kappa shape index (κ3) is 7.69. The number of ether oxygens (including phenoxy) is 8. The number of benzene rings is 3. The molecular weight excluding hydrogens is 604 g/mol. The van der Waals surface area contributed by atoms with Crippen LogP contribution < -0.4 is 24.6 Å². The molecule has 3 heterocycles. The molecule has 0 unspecified atom stereocenters. The van der Waals surface area contributed by atoms with Crippen LogP contribution in [0.3, 0.4) is 0 Å². The molecule has 0 N–H and O–H groups in total. The van der Waals surface area contributed by atoms with Crippen molar-refractivity contribution in [3.8, 4) is 23.0 Å². The summed E-state index contributed by atoms with van der Waals surface area (Å²) in [5, 5.41) is 0. The number of aryl methyl sites for hydroxylation is 1. The molecule has 6 rings (SSSR count). The van der Waals surface area contributed by atoms with Gasteiger partial charge in [-0.25, -0.2) is 4.79 Å². The zero-order chi connectivity index (χ0) is 32.8. The van der Waals surface area contributed by atoms with E-state index < -0.39 is 30.2 Å². The molecule has 1 fully saturated rings. The normalized spacial score (nSPS) is 20.0. The zero-order valence-electron chi connectivity index (χ0n) is 26.8. The molecule has 3 aromatic carbocycles. The molecule has 0 aliphatic carbocycles. The highest BCUT2D eigenvalue weighted by Crippen LogP contribution is 2.38. The first-order chi connectivity index (χ1) is 22.9. The maximum Gasteiger partial charge on any atom is 0.347 e. The van der Waals surface area contributed by atoms with Crippen molar-refractivity contribution in [3.05, 3.63) is 123 Å². The summed E-state index contributed by atoms with van der Waals surface area (Å²) in [6, 6.07) is 24.7. The summed E-state index contributed by atoms with van der Waals surface area (Å²) < 4.78 is 53.6. The maximum absolute atomic E-state index is 12.9. The van der Waals surface area contributed by atoms with Gasteiger partial charge in [0.25, 0.3) is 0 Å². The molecule has 10 heteroatoms. The van der Waals surface area contributed by atoms with Crippen LogP contribution in [0.4, 0.5) is 0 Å². The Hall–Kier alpha value is -4.61. The van der Waals surface area contributed by atoms with E-state index in [4.69, 9.17) is 42.3 Å². The Kier molecular flexibility index (Phi) is 10.2. The lowest BCUT2D eigenvalue weighted by Gasteiger charge is -2.44. The second-order valence-corrected chi connectivity index (χ2v) is 11.3. The van der Waals surface area contributed by atoms with Gasteiger partial charge in [-0.3, -0.25) is 0 Å². The van der Waals surface area contributed by atoms with Crippen molar-refractivity contribution < 1.29 is 42.3 Å². The van der Waals surface area contributed by atoms with E-state index in [-0.39, 0.29) is 19.8 Å². The summed E-state index contributed by atoms with van der Waals surface area (Å²) in [6.45, 7) is 2.77. The summed E-state index contributed by atoms with van der Waals surface area (Å²) in [4.78, 5) is 12.9. The fourth-order valence-electron chi connectivity index (χ4n) is 5.54. The van der Waals surface area contributed by atoms with Gasteiger partial charge in [0.15, 0.2) is 0 Å². The van der Waals surface area contributed by atoms with E-state index in [2.05, 4.69) is 0 Å². The van der Waals surface area contributed by atoms with Crippen molar-refractivity contribution in [3.63, 3.8) is 0 Å². The van der Waals surface area contributed by atoms with E-state index in [1.807, 2.05) is 72.8 Å².